The number of carboxylic acid groups (broad SMARTS) is 1. The van der Waals surface area contributed by atoms with E-state index in [9.17, 15) is 14.4 Å². The van der Waals surface area contributed by atoms with E-state index in [0.717, 1.165) is 11.9 Å². The van der Waals surface area contributed by atoms with Crippen molar-refractivity contribution >= 4 is 34.5 Å². The molecule has 0 atom stereocenters. The molecule has 0 aliphatic carbocycles. The van der Waals surface area contributed by atoms with Gasteiger partial charge in [0.1, 0.15) is 23.2 Å². The second-order valence-corrected chi connectivity index (χ2v) is 7.99. The third kappa shape index (κ3) is 5.47. The number of aromatic nitrogens is 3. The lowest BCUT2D eigenvalue weighted by Gasteiger charge is -2.18. The molecule has 2 amide bonds. The first kappa shape index (κ1) is 24.4. The molecule has 0 unspecified atom stereocenters. The number of nitrogens with one attached hydrogen (secondary N) is 3. The van der Waals surface area contributed by atoms with Crippen LogP contribution in [0.2, 0.25) is 0 Å². The van der Waals surface area contributed by atoms with Gasteiger partial charge in [-0.1, -0.05) is 35.9 Å². The minimum Gasteiger partial charge on any atom is -0.482 e. The van der Waals surface area contributed by atoms with Crippen molar-refractivity contribution in [2.24, 2.45) is 5.73 Å². The van der Waals surface area contributed by atoms with Crippen LogP contribution in [0.5, 0.6) is 5.75 Å². The lowest BCUT2D eigenvalue weighted by molar-refractivity contribution is -0.118. The number of aromatic amines is 1. The molecule has 11 nitrogen and oxygen atoms in total. The third-order valence-corrected chi connectivity index (χ3v) is 5.39. The van der Waals surface area contributed by atoms with Crippen LogP contribution < -0.4 is 21.1 Å². The van der Waals surface area contributed by atoms with Crippen LogP contribution in [0, 0.1) is 6.92 Å². The van der Waals surface area contributed by atoms with E-state index in [0.29, 0.717) is 18.0 Å². The number of anilines is 1. The van der Waals surface area contributed by atoms with Crippen molar-refractivity contribution in [3.63, 3.8) is 0 Å². The van der Waals surface area contributed by atoms with Gasteiger partial charge in [-0.2, -0.15) is 0 Å². The van der Waals surface area contributed by atoms with E-state index in [4.69, 9.17) is 15.6 Å². The molecular formula is C25H24N6O5. The number of carbonyl (C=O) groups excluding carboxylic acids is 2. The number of carboxylic acids is 1. The topological polar surface area (TPSA) is 172 Å². The summed E-state index contributed by atoms with van der Waals surface area (Å²) in [5.41, 5.74) is 9.59. The van der Waals surface area contributed by atoms with Crippen molar-refractivity contribution in [2.75, 3.05) is 11.9 Å². The summed E-state index contributed by atoms with van der Waals surface area (Å²) in [6.45, 7) is 2.86. The number of aryl methyl sites for hydroxylation is 1. The Morgan fingerprint density at radius 2 is 1.89 bits per heavy atom. The highest BCUT2D eigenvalue weighted by Gasteiger charge is 2.20. The first-order valence-electron chi connectivity index (χ1n) is 11.0. The maximum atomic E-state index is 12.5. The summed E-state index contributed by atoms with van der Waals surface area (Å²) in [6.07, 6.45) is 2.41. The highest BCUT2D eigenvalue weighted by Crippen LogP contribution is 2.28. The number of amides is 2. The van der Waals surface area contributed by atoms with Gasteiger partial charge in [0.25, 0.3) is 11.8 Å². The molecule has 5 rings (SSSR count). The predicted octanol–water partition coefficient (Wildman–Crippen LogP) is 2.37. The molecule has 3 heterocycles. The zero-order valence-electron chi connectivity index (χ0n) is 19.4. The van der Waals surface area contributed by atoms with Crippen molar-refractivity contribution < 1.29 is 24.2 Å². The molecule has 2 aromatic carbocycles. The fourth-order valence-electron chi connectivity index (χ4n) is 3.50. The summed E-state index contributed by atoms with van der Waals surface area (Å²) >= 11 is 0. The van der Waals surface area contributed by atoms with Gasteiger partial charge in [-0.15, -0.1) is 0 Å². The van der Waals surface area contributed by atoms with E-state index in [1.807, 2.05) is 0 Å². The molecule has 1 aliphatic rings. The average molecular weight is 489 g/mol. The van der Waals surface area contributed by atoms with Crippen molar-refractivity contribution in [3.8, 4) is 5.75 Å². The van der Waals surface area contributed by atoms with Crippen LogP contribution in [-0.4, -0.2) is 44.4 Å². The van der Waals surface area contributed by atoms with Crippen LogP contribution in [-0.2, 0) is 17.9 Å². The van der Waals surface area contributed by atoms with Crippen molar-refractivity contribution in [2.45, 2.75) is 20.0 Å². The average Bonchev–Trinajstić information content (AvgIpc) is 3.32. The first-order valence-corrected chi connectivity index (χ1v) is 11.0. The van der Waals surface area contributed by atoms with Crippen LogP contribution in [0.3, 0.4) is 0 Å². The molecule has 0 saturated carbocycles. The van der Waals surface area contributed by atoms with Crippen molar-refractivity contribution in [1.29, 1.82) is 0 Å². The summed E-state index contributed by atoms with van der Waals surface area (Å²) in [5.74, 6) is -1.31. The number of carbonyl (C=O) groups is 3. The Kier molecular flexibility index (Phi) is 7.21. The normalized spacial score (nSPS) is 12.0. The van der Waals surface area contributed by atoms with Crippen molar-refractivity contribution in [1.82, 2.24) is 20.3 Å². The number of hydrogen-bond acceptors (Lipinski definition) is 7. The minimum atomic E-state index is -1.15. The van der Waals surface area contributed by atoms with Crippen LogP contribution in [0.15, 0.2) is 55.0 Å². The first-order chi connectivity index (χ1) is 17.4. The molecular weight excluding hydrogens is 464 g/mol. The Morgan fingerprint density at radius 3 is 2.61 bits per heavy atom. The molecule has 184 valence electrons. The fourth-order valence-corrected chi connectivity index (χ4v) is 3.50. The van der Waals surface area contributed by atoms with E-state index >= 15 is 0 Å². The monoisotopic (exact) mass is 488 g/mol. The van der Waals surface area contributed by atoms with Crippen LogP contribution in [0.1, 0.15) is 37.5 Å². The smallest absolute Gasteiger partial charge is 0.339 e. The Morgan fingerprint density at radius 1 is 1.14 bits per heavy atom. The number of nitrogens with two attached hydrogens (primary N) is 1. The number of rotatable bonds is 5. The number of aromatic carboxylic acids is 1. The standard InChI is InChI=1S/C17H13N5O5.C8H11N/c23-12-6-27-11-2-1-8(3-10(11)22-12)4-19-16(24)15-14-13(20-7-21-15)9(5-18-14)17(25)26;1-7-2-4-8(6-9)5-3-7/h1-3,5,7,18H,4,6H2,(H,19,24)(H,22,23)(H,25,26);2-5H,6,9H2,1H3. The summed E-state index contributed by atoms with van der Waals surface area (Å²) in [7, 11) is 0. The zero-order valence-corrected chi connectivity index (χ0v) is 19.4. The summed E-state index contributed by atoms with van der Waals surface area (Å²) in [5, 5.41) is 14.6. The van der Waals surface area contributed by atoms with Gasteiger partial charge in [-0.3, -0.25) is 9.59 Å². The van der Waals surface area contributed by atoms with Crippen LogP contribution in [0.25, 0.3) is 11.0 Å². The number of benzene rings is 2. The van der Waals surface area contributed by atoms with E-state index in [1.165, 1.54) is 17.3 Å². The molecule has 0 fully saturated rings. The second-order valence-electron chi connectivity index (χ2n) is 7.99. The third-order valence-electron chi connectivity index (χ3n) is 5.39. The maximum Gasteiger partial charge on any atom is 0.339 e. The zero-order chi connectivity index (χ0) is 25.7. The van der Waals surface area contributed by atoms with Crippen LogP contribution >= 0.6 is 0 Å². The Hall–Kier alpha value is -4.77. The van der Waals surface area contributed by atoms with E-state index in [-0.39, 0.29) is 41.3 Å². The molecule has 4 aromatic rings. The molecule has 0 saturated heterocycles. The highest BCUT2D eigenvalue weighted by atomic mass is 16.5. The Balaban J connectivity index is 0.000000286. The van der Waals surface area contributed by atoms with Gasteiger partial charge in [0.05, 0.1) is 11.2 Å². The Labute approximate surface area is 205 Å². The molecule has 6 N–H and O–H groups in total. The molecule has 0 bridgehead atoms. The van der Waals surface area contributed by atoms with Gasteiger partial charge in [0.15, 0.2) is 12.3 Å². The second kappa shape index (κ2) is 10.7. The molecule has 0 radical (unpaired) electrons. The quantitative estimate of drug-likeness (QED) is 0.285. The number of nitrogens with zero attached hydrogens (tertiary/aromatic N) is 2. The molecule has 0 spiro atoms. The molecule has 1 aliphatic heterocycles. The number of fused-ring (bicyclic) bond motifs is 2. The van der Waals surface area contributed by atoms with Gasteiger partial charge < -0.3 is 31.2 Å². The molecule has 11 heteroatoms. The molecule has 36 heavy (non-hydrogen) atoms. The minimum absolute atomic E-state index is 0.0265. The Bertz CT molecular complexity index is 1430. The largest absolute Gasteiger partial charge is 0.482 e. The number of ether oxygens (including phenoxy) is 1. The maximum absolute atomic E-state index is 12.5. The van der Waals surface area contributed by atoms with E-state index in [2.05, 4.69) is 56.8 Å². The summed E-state index contributed by atoms with van der Waals surface area (Å²) in [4.78, 5) is 45.7. The van der Waals surface area contributed by atoms with Gasteiger partial charge in [-0.05, 0) is 30.2 Å². The predicted molar refractivity (Wildman–Crippen MR) is 132 cm³/mol. The summed E-state index contributed by atoms with van der Waals surface area (Å²) < 4.78 is 5.29. The van der Waals surface area contributed by atoms with Gasteiger partial charge in [0.2, 0.25) is 0 Å². The summed E-state index contributed by atoms with van der Waals surface area (Å²) in [6, 6.07) is 13.4. The molecule has 2 aromatic heterocycles. The highest BCUT2D eigenvalue weighted by molar-refractivity contribution is 6.08. The number of H-pyrrole nitrogens is 1. The fraction of sp³-hybridized carbons (Fsp3) is 0.160. The lowest BCUT2D eigenvalue weighted by atomic mass is 10.1. The van der Waals surface area contributed by atoms with Gasteiger partial charge in [0, 0.05) is 19.3 Å². The van der Waals surface area contributed by atoms with Gasteiger partial charge in [-0.25, -0.2) is 14.8 Å². The number of hydrogen-bond donors (Lipinski definition) is 5. The van der Waals surface area contributed by atoms with Gasteiger partial charge >= 0.3 is 5.97 Å². The lowest BCUT2D eigenvalue weighted by Crippen LogP contribution is -2.26. The van der Waals surface area contributed by atoms with Crippen molar-refractivity contribution in [3.05, 3.63) is 82.9 Å². The van der Waals surface area contributed by atoms with Crippen LogP contribution in [0.4, 0.5) is 5.69 Å². The van der Waals surface area contributed by atoms with E-state index < -0.39 is 11.9 Å². The SMILES string of the molecule is Cc1ccc(CN)cc1.O=C1COc2ccc(CNC(=O)c3ncnc4c(C(=O)O)c[nH]c34)cc2N1. The van der Waals surface area contributed by atoms with E-state index in [1.54, 1.807) is 18.2 Å².